The first-order valence-electron chi connectivity index (χ1n) is 3.45. The van der Waals surface area contributed by atoms with Crippen molar-refractivity contribution in [3.05, 3.63) is 28.5 Å². The van der Waals surface area contributed by atoms with Gasteiger partial charge in [0.25, 0.3) is 0 Å². The van der Waals surface area contributed by atoms with Crippen molar-refractivity contribution in [2.45, 2.75) is 12.8 Å². The Hall–Kier alpha value is -0.890. The minimum atomic E-state index is 0.162. The number of carbonyl (C=O) groups is 1. The third kappa shape index (κ3) is 1.03. The number of nitrogens with zero attached hydrogens (tertiary/aromatic N) is 1. The average Bonchev–Trinajstić information content (AvgIpc) is 2.33. The first-order chi connectivity index (χ1) is 5.27. The summed E-state index contributed by atoms with van der Waals surface area (Å²) in [6, 6.07) is 1.69. The Balaban J connectivity index is 2.60. The van der Waals surface area contributed by atoms with Crippen LogP contribution < -0.4 is 0 Å². The molecule has 0 aliphatic heterocycles. The van der Waals surface area contributed by atoms with E-state index in [1.807, 2.05) is 0 Å². The summed E-state index contributed by atoms with van der Waals surface area (Å²) in [6.07, 6.45) is 2.94. The highest BCUT2D eigenvalue weighted by Crippen LogP contribution is 2.22. The van der Waals surface area contributed by atoms with Gasteiger partial charge in [0.1, 0.15) is 0 Å². The fourth-order valence-corrected chi connectivity index (χ4v) is 1.43. The lowest BCUT2D eigenvalue weighted by molar-refractivity contribution is 0.0994. The zero-order valence-electron chi connectivity index (χ0n) is 5.80. The molecule has 0 atom stereocenters. The van der Waals surface area contributed by atoms with E-state index in [0.29, 0.717) is 17.0 Å². The molecular weight excluding hydrogens is 162 g/mol. The lowest BCUT2D eigenvalue weighted by Gasteiger charge is -1.94. The number of halogens is 1. The van der Waals surface area contributed by atoms with Crippen molar-refractivity contribution in [2.75, 3.05) is 0 Å². The zero-order chi connectivity index (χ0) is 7.84. The Kier molecular flexibility index (Phi) is 1.43. The molecule has 56 valence electrons. The van der Waals surface area contributed by atoms with Crippen LogP contribution in [-0.4, -0.2) is 10.8 Å². The Morgan fingerprint density at radius 3 is 3.09 bits per heavy atom. The normalized spacial score (nSPS) is 15.2. The summed E-state index contributed by atoms with van der Waals surface area (Å²) in [5.41, 5.74) is 1.59. The lowest BCUT2D eigenvalue weighted by atomic mass is 10.2. The molecule has 0 aromatic carbocycles. The van der Waals surface area contributed by atoms with Crippen molar-refractivity contribution in [3.63, 3.8) is 0 Å². The molecule has 0 radical (unpaired) electrons. The number of pyridine rings is 1. The number of hydrogen-bond acceptors (Lipinski definition) is 2. The molecule has 0 N–H and O–H groups in total. The van der Waals surface area contributed by atoms with Crippen LogP contribution >= 0.6 is 11.6 Å². The minimum absolute atomic E-state index is 0.162. The van der Waals surface area contributed by atoms with Gasteiger partial charge in [0, 0.05) is 18.2 Å². The van der Waals surface area contributed by atoms with E-state index in [9.17, 15) is 4.79 Å². The number of rotatable bonds is 0. The van der Waals surface area contributed by atoms with Gasteiger partial charge in [-0.2, -0.15) is 0 Å². The number of carbonyl (C=O) groups excluding carboxylic acids is 1. The Bertz CT molecular complexity index is 322. The molecule has 0 unspecified atom stereocenters. The van der Waals surface area contributed by atoms with E-state index in [1.165, 1.54) is 0 Å². The predicted octanol–water partition coefficient (Wildman–Crippen LogP) is 1.86. The first-order valence-corrected chi connectivity index (χ1v) is 3.83. The highest BCUT2D eigenvalue weighted by atomic mass is 35.5. The van der Waals surface area contributed by atoms with Gasteiger partial charge in [-0.15, -0.1) is 0 Å². The van der Waals surface area contributed by atoms with E-state index in [2.05, 4.69) is 4.98 Å². The summed E-state index contributed by atoms with van der Waals surface area (Å²) in [4.78, 5) is 15.2. The number of fused-ring (bicyclic) bond motifs is 1. The number of Topliss-reactive ketones (excluding diaryl/α,β-unsaturated/α-hetero) is 1. The van der Waals surface area contributed by atoms with Crippen molar-refractivity contribution >= 4 is 17.4 Å². The van der Waals surface area contributed by atoms with Crippen molar-refractivity contribution in [3.8, 4) is 0 Å². The second kappa shape index (κ2) is 2.31. The van der Waals surface area contributed by atoms with Crippen LogP contribution in [-0.2, 0) is 6.42 Å². The summed E-state index contributed by atoms with van der Waals surface area (Å²) < 4.78 is 0. The van der Waals surface area contributed by atoms with Crippen molar-refractivity contribution < 1.29 is 4.79 Å². The summed E-state index contributed by atoms with van der Waals surface area (Å²) >= 11 is 5.67. The van der Waals surface area contributed by atoms with Crippen molar-refractivity contribution in [1.82, 2.24) is 4.98 Å². The van der Waals surface area contributed by atoms with Crippen LogP contribution in [0.3, 0.4) is 0 Å². The number of hydrogen-bond donors (Lipinski definition) is 0. The van der Waals surface area contributed by atoms with Crippen molar-refractivity contribution in [2.24, 2.45) is 0 Å². The molecule has 0 amide bonds. The van der Waals surface area contributed by atoms with Crippen LogP contribution in [0.5, 0.6) is 0 Å². The molecule has 3 heteroatoms. The molecular formula is C8H6ClNO. The molecule has 2 nitrogen and oxygen atoms in total. The number of aromatic nitrogens is 1. The maximum absolute atomic E-state index is 11.1. The maximum Gasteiger partial charge on any atom is 0.165 e. The summed E-state index contributed by atoms with van der Waals surface area (Å²) in [7, 11) is 0. The molecule has 0 saturated heterocycles. The smallest absolute Gasteiger partial charge is 0.165 e. The molecule has 2 rings (SSSR count). The van der Waals surface area contributed by atoms with E-state index in [0.717, 1.165) is 12.1 Å². The second-order valence-corrected chi connectivity index (χ2v) is 3.01. The molecule has 0 saturated carbocycles. The molecule has 0 fully saturated rings. The fourth-order valence-electron chi connectivity index (χ4n) is 1.27. The van der Waals surface area contributed by atoms with Crippen LogP contribution in [0.1, 0.15) is 22.5 Å². The molecule has 1 aromatic heterocycles. The summed E-state index contributed by atoms with van der Waals surface area (Å²) in [5, 5.41) is 0.541. The van der Waals surface area contributed by atoms with E-state index >= 15 is 0 Å². The van der Waals surface area contributed by atoms with Crippen LogP contribution in [0.2, 0.25) is 5.02 Å². The quantitative estimate of drug-likeness (QED) is 0.591. The van der Waals surface area contributed by atoms with Gasteiger partial charge in [-0.1, -0.05) is 11.6 Å². The average molecular weight is 168 g/mol. The fraction of sp³-hybridized carbons (Fsp3) is 0.250. The van der Waals surface area contributed by atoms with E-state index < -0.39 is 0 Å². The highest BCUT2D eigenvalue weighted by molar-refractivity contribution is 6.30. The molecule has 1 aromatic rings. The largest absolute Gasteiger partial charge is 0.294 e. The van der Waals surface area contributed by atoms with Gasteiger partial charge >= 0.3 is 0 Å². The number of ketones is 1. The standard InChI is InChI=1S/C8H6ClNO/c9-5-3-6-7(10-4-5)1-2-8(6)11/h3-4H,1-2H2. The Morgan fingerprint density at radius 2 is 2.27 bits per heavy atom. The molecule has 1 aliphatic carbocycles. The molecule has 1 aliphatic rings. The lowest BCUT2D eigenvalue weighted by Crippen LogP contribution is -1.91. The molecule has 11 heavy (non-hydrogen) atoms. The third-order valence-corrected chi connectivity index (χ3v) is 2.03. The summed E-state index contributed by atoms with van der Waals surface area (Å²) in [6.45, 7) is 0. The Labute approximate surface area is 69.2 Å². The molecule has 1 heterocycles. The van der Waals surface area contributed by atoms with Crippen LogP contribution in [0, 0.1) is 0 Å². The Morgan fingerprint density at radius 1 is 1.45 bits per heavy atom. The topological polar surface area (TPSA) is 30.0 Å². The molecule has 0 bridgehead atoms. The van der Waals surface area contributed by atoms with Gasteiger partial charge in [0.15, 0.2) is 5.78 Å². The van der Waals surface area contributed by atoms with Crippen LogP contribution in [0.4, 0.5) is 0 Å². The predicted molar refractivity (Wildman–Crippen MR) is 41.9 cm³/mol. The van der Waals surface area contributed by atoms with Gasteiger partial charge < -0.3 is 0 Å². The first kappa shape index (κ1) is 6.80. The van der Waals surface area contributed by atoms with Gasteiger partial charge in [-0.25, -0.2) is 0 Å². The van der Waals surface area contributed by atoms with Crippen molar-refractivity contribution in [1.29, 1.82) is 0 Å². The monoisotopic (exact) mass is 167 g/mol. The summed E-state index contributed by atoms with van der Waals surface area (Å²) in [5.74, 6) is 0.162. The maximum atomic E-state index is 11.1. The second-order valence-electron chi connectivity index (χ2n) is 2.57. The zero-order valence-corrected chi connectivity index (χ0v) is 6.56. The van der Waals surface area contributed by atoms with E-state index in [1.54, 1.807) is 12.3 Å². The highest BCUT2D eigenvalue weighted by Gasteiger charge is 2.20. The number of aryl methyl sites for hydroxylation is 1. The minimum Gasteiger partial charge on any atom is -0.294 e. The van der Waals surface area contributed by atoms with E-state index in [-0.39, 0.29) is 5.78 Å². The third-order valence-electron chi connectivity index (χ3n) is 1.83. The van der Waals surface area contributed by atoms with Gasteiger partial charge in [0.2, 0.25) is 0 Å². The van der Waals surface area contributed by atoms with Gasteiger partial charge in [0.05, 0.1) is 10.7 Å². The van der Waals surface area contributed by atoms with Gasteiger partial charge in [-0.3, -0.25) is 9.78 Å². The van der Waals surface area contributed by atoms with Gasteiger partial charge in [-0.05, 0) is 12.5 Å². The van der Waals surface area contributed by atoms with Crippen LogP contribution in [0.15, 0.2) is 12.3 Å². The van der Waals surface area contributed by atoms with E-state index in [4.69, 9.17) is 11.6 Å². The molecule has 0 spiro atoms. The van der Waals surface area contributed by atoms with Crippen LogP contribution in [0.25, 0.3) is 0 Å². The SMILES string of the molecule is O=C1CCc2ncc(Cl)cc21.